The second-order valence-corrected chi connectivity index (χ2v) is 5.04. The Morgan fingerprint density at radius 2 is 1.89 bits per heavy atom. The number of rotatable bonds is 10. The third-order valence-corrected chi connectivity index (χ3v) is 3.01. The van der Waals surface area contributed by atoms with Gasteiger partial charge < -0.3 is 15.2 Å². The van der Waals surface area contributed by atoms with Gasteiger partial charge in [-0.25, -0.2) is 0 Å². The Bertz CT molecular complexity index is 339. The molecule has 0 saturated heterocycles. The Balaban J connectivity index is 2.10. The van der Waals surface area contributed by atoms with E-state index in [9.17, 15) is 0 Å². The number of hydrogen-bond acceptors (Lipinski definition) is 3. The van der Waals surface area contributed by atoms with E-state index in [1.807, 2.05) is 12.1 Å². The predicted octanol–water partition coefficient (Wildman–Crippen LogP) is 3.33. The van der Waals surface area contributed by atoms with Crippen LogP contribution >= 0.6 is 0 Å². The summed E-state index contributed by atoms with van der Waals surface area (Å²) in [4.78, 5) is 0. The summed E-state index contributed by atoms with van der Waals surface area (Å²) >= 11 is 0. The summed E-state index contributed by atoms with van der Waals surface area (Å²) in [5, 5.41) is 0. The Labute approximate surface area is 117 Å². The van der Waals surface area contributed by atoms with Crippen LogP contribution in [0.5, 0.6) is 5.75 Å². The maximum absolute atomic E-state index is 5.68. The van der Waals surface area contributed by atoms with Crippen molar-refractivity contribution in [3.8, 4) is 5.75 Å². The van der Waals surface area contributed by atoms with Crippen molar-refractivity contribution < 1.29 is 9.47 Å². The number of benzene rings is 1. The fourth-order valence-corrected chi connectivity index (χ4v) is 1.81. The fourth-order valence-electron chi connectivity index (χ4n) is 1.81. The SMILES string of the molecule is CC(C)c1cccc(OCCOCCCCCN)c1. The van der Waals surface area contributed by atoms with Crippen LogP contribution < -0.4 is 10.5 Å². The van der Waals surface area contributed by atoms with Crippen LogP contribution in [0, 0.1) is 0 Å². The van der Waals surface area contributed by atoms with E-state index in [4.69, 9.17) is 15.2 Å². The number of ether oxygens (including phenoxy) is 2. The van der Waals surface area contributed by atoms with Crippen molar-refractivity contribution >= 4 is 0 Å². The molecule has 19 heavy (non-hydrogen) atoms. The summed E-state index contributed by atoms with van der Waals surface area (Å²) in [5.74, 6) is 1.46. The van der Waals surface area contributed by atoms with Crippen LogP contribution in [0.25, 0.3) is 0 Å². The van der Waals surface area contributed by atoms with Gasteiger partial charge in [-0.15, -0.1) is 0 Å². The molecule has 0 aliphatic rings. The summed E-state index contributed by atoms with van der Waals surface area (Å²) < 4.78 is 11.2. The number of hydrogen-bond donors (Lipinski definition) is 1. The van der Waals surface area contributed by atoms with Gasteiger partial charge in [0.15, 0.2) is 0 Å². The van der Waals surface area contributed by atoms with Gasteiger partial charge in [0, 0.05) is 6.61 Å². The summed E-state index contributed by atoms with van der Waals surface area (Å²) in [6.45, 7) is 7.20. The van der Waals surface area contributed by atoms with E-state index < -0.39 is 0 Å². The Kier molecular flexibility index (Phi) is 8.26. The smallest absolute Gasteiger partial charge is 0.119 e. The molecule has 0 atom stereocenters. The standard InChI is InChI=1S/C16H27NO2/c1-14(2)15-7-6-8-16(13-15)19-12-11-18-10-5-3-4-9-17/h6-8,13-14H,3-5,9-12,17H2,1-2H3. The first-order chi connectivity index (χ1) is 9.24. The zero-order chi connectivity index (χ0) is 13.9. The number of unbranched alkanes of at least 4 members (excludes halogenated alkanes) is 2. The minimum Gasteiger partial charge on any atom is -0.491 e. The van der Waals surface area contributed by atoms with Crippen LogP contribution in [0.2, 0.25) is 0 Å². The maximum Gasteiger partial charge on any atom is 0.119 e. The second kappa shape index (κ2) is 9.82. The monoisotopic (exact) mass is 265 g/mol. The second-order valence-electron chi connectivity index (χ2n) is 5.04. The highest BCUT2D eigenvalue weighted by atomic mass is 16.5. The molecule has 0 aliphatic carbocycles. The van der Waals surface area contributed by atoms with E-state index in [-0.39, 0.29) is 0 Å². The van der Waals surface area contributed by atoms with Crippen LogP contribution in [-0.4, -0.2) is 26.4 Å². The first kappa shape index (κ1) is 16.0. The summed E-state index contributed by atoms with van der Waals surface area (Å²) in [5.41, 5.74) is 6.73. The highest BCUT2D eigenvalue weighted by molar-refractivity contribution is 5.30. The van der Waals surface area contributed by atoms with E-state index in [0.717, 1.165) is 38.2 Å². The van der Waals surface area contributed by atoms with E-state index in [2.05, 4.69) is 26.0 Å². The lowest BCUT2D eigenvalue weighted by Crippen LogP contribution is -2.08. The third kappa shape index (κ3) is 7.19. The molecule has 0 spiro atoms. The summed E-state index contributed by atoms with van der Waals surface area (Å²) in [6, 6.07) is 8.27. The Morgan fingerprint density at radius 1 is 1.05 bits per heavy atom. The van der Waals surface area contributed by atoms with Crippen LogP contribution in [0.15, 0.2) is 24.3 Å². The molecule has 0 saturated carbocycles. The van der Waals surface area contributed by atoms with Crippen molar-refractivity contribution in [3.05, 3.63) is 29.8 Å². The van der Waals surface area contributed by atoms with E-state index in [1.54, 1.807) is 0 Å². The van der Waals surface area contributed by atoms with Gasteiger partial charge in [0.05, 0.1) is 6.61 Å². The van der Waals surface area contributed by atoms with Gasteiger partial charge >= 0.3 is 0 Å². The van der Waals surface area contributed by atoms with Crippen molar-refractivity contribution in [2.24, 2.45) is 5.73 Å². The normalized spacial score (nSPS) is 10.9. The molecule has 108 valence electrons. The molecular formula is C16H27NO2. The molecule has 3 heteroatoms. The van der Waals surface area contributed by atoms with Gasteiger partial charge in [0.1, 0.15) is 12.4 Å². The predicted molar refractivity (Wildman–Crippen MR) is 79.8 cm³/mol. The number of nitrogens with two attached hydrogens (primary N) is 1. The average molecular weight is 265 g/mol. The van der Waals surface area contributed by atoms with Gasteiger partial charge in [0.25, 0.3) is 0 Å². The summed E-state index contributed by atoms with van der Waals surface area (Å²) in [7, 11) is 0. The van der Waals surface area contributed by atoms with Gasteiger partial charge in [-0.05, 0) is 49.4 Å². The van der Waals surface area contributed by atoms with Gasteiger partial charge in [0.2, 0.25) is 0 Å². The zero-order valence-electron chi connectivity index (χ0n) is 12.2. The van der Waals surface area contributed by atoms with Gasteiger partial charge in [-0.3, -0.25) is 0 Å². The lowest BCUT2D eigenvalue weighted by atomic mass is 10.0. The Morgan fingerprint density at radius 3 is 2.63 bits per heavy atom. The summed E-state index contributed by atoms with van der Waals surface area (Å²) in [6.07, 6.45) is 3.32. The maximum atomic E-state index is 5.68. The van der Waals surface area contributed by atoms with E-state index >= 15 is 0 Å². The molecule has 0 heterocycles. The lowest BCUT2D eigenvalue weighted by molar-refractivity contribution is 0.0972. The molecule has 0 bridgehead atoms. The molecule has 0 fully saturated rings. The molecule has 1 aromatic carbocycles. The Hall–Kier alpha value is -1.06. The highest BCUT2D eigenvalue weighted by Gasteiger charge is 2.00. The first-order valence-corrected chi connectivity index (χ1v) is 7.24. The molecule has 1 rings (SSSR count). The molecule has 0 radical (unpaired) electrons. The molecule has 0 unspecified atom stereocenters. The third-order valence-electron chi connectivity index (χ3n) is 3.01. The van der Waals surface area contributed by atoms with Crippen molar-refractivity contribution in [2.75, 3.05) is 26.4 Å². The van der Waals surface area contributed by atoms with E-state index in [1.165, 1.54) is 5.56 Å². The van der Waals surface area contributed by atoms with Crippen LogP contribution in [-0.2, 0) is 4.74 Å². The van der Waals surface area contributed by atoms with E-state index in [0.29, 0.717) is 19.1 Å². The molecule has 2 N–H and O–H groups in total. The fraction of sp³-hybridized carbons (Fsp3) is 0.625. The molecular weight excluding hydrogens is 238 g/mol. The largest absolute Gasteiger partial charge is 0.491 e. The van der Waals surface area contributed by atoms with Crippen molar-refractivity contribution in [1.82, 2.24) is 0 Å². The van der Waals surface area contributed by atoms with Crippen molar-refractivity contribution in [3.63, 3.8) is 0 Å². The molecule has 1 aromatic rings. The molecule has 0 amide bonds. The average Bonchev–Trinajstić information content (AvgIpc) is 2.42. The molecule has 3 nitrogen and oxygen atoms in total. The minimum absolute atomic E-state index is 0.530. The molecule has 0 aliphatic heterocycles. The van der Waals surface area contributed by atoms with Crippen molar-refractivity contribution in [2.45, 2.75) is 39.0 Å². The minimum atomic E-state index is 0.530. The highest BCUT2D eigenvalue weighted by Crippen LogP contribution is 2.19. The van der Waals surface area contributed by atoms with Gasteiger partial charge in [-0.2, -0.15) is 0 Å². The molecule has 0 aromatic heterocycles. The lowest BCUT2D eigenvalue weighted by Gasteiger charge is -2.10. The van der Waals surface area contributed by atoms with Crippen LogP contribution in [0.3, 0.4) is 0 Å². The first-order valence-electron chi connectivity index (χ1n) is 7.24. The quantitative estimate of drug-likeness (QED) is 0.660. The van der Waals surface area contributed by atoms with Gasteiger partial charge in [-0.1, -0.05) is 26.0 Å². The van der Waals surface area contributed by atoms with Crippen molar-refractivity contribution in [1.29, 1.82) is 0 Å². The zero-order valence-corrected chi connectivity index (χ0v) is 12.2. The topological polar surface area (TPSA) is 44.5 Å². The van der Waals surface area contributed by atoms with Crippen LogP contribution in [0.4, 0.5) is 0 Å². The van der Waals surface area contributed by atoms with Crippen LogP contribution in [0.1, 0.15) is 44.6 Å².